The molecule has 0 atom stereocenters. The monoisotopic (exact) mass is 412 g/mol. The quantitative estimate of drug-likeness (QED) is 0.442. The molecule has 0 unspecified atom stereocenters. The predicted molar refractivity (Wildman–Crippen MR) is 125 cm³/mol. The molecule has 0 bridgehead atoms. The van der Waals surface area contributed by atoms with Gasteiger partial charge in [0.15, 0.2) is 5.76 Å². The fraction of sp³-hybridized carbons (Fsp3) is 0.250. The third-order valence-corrected chi connectivity index (χ3v) is 5.67. The average molecular weight is 413 g/mol. The van der Waals surface area contributed by atoms with Crippen molar-refractivity contribution in [3.05, 3.63) is 99.8 Å². The van der Waals surface area contributed by atoms with E-state index >= 15 is 0 Å². The van der Waals surface area contributed by atoms with Gasteiger partial charge in [0.2, 0.25) is 5.78 Å². The number of hydrogen-bond acceptors (Lipinski definition) is 3. The van der Waals surface area contributed by atoms with Gasteiger partial charge in [0.1, 0.15) is 18.1 Å². The number of rotatable bonds is 4. The van der Waals surface area contributed by atoms with Crippen LogP contribution in [0.25, 0.3) is 6.08 Å². The number of aryl methyl sites for hydroxylation is 2. The molecule has 0 N–H and O–H groups in total. The maximum absolute atomic E-state index is 12.9. The molecule has 1 heterocycles. The van der Waals surface area contributed by atoms with Gasteiger partial charge < -0.3 is 9.47 Å². The summed E-state index contributed by atoms with van der Waals surface area (Å²) in [5.74, 6) is 1.51. The third kappa shape index (κ3) is 4.41. The van der Waals surface area contributed by atoms with Gasteiger partial charge in [-0.3, -0.25) is 4.79 Å². The molecule has 4 rings (SSSR count). The van der Waals surface area contributed by atoms with E-state index in [1.54, 1.807) is 0 Å². The van der Waals surface area contributed by atoms with Crippen LogP contribution < -0.4 is 9.47 Å². The molecular weight excluding hydrogens is 384 g/mol. The fourth-order valence-electron chi connectivity index (χ4n) is 3.72. The van der Waals surface area contributed by atoms with E-state index in [4.69, 9.17) is 9.47 Å². The lowest BCUT2D eigenvalue weighted by Gasteiger charge is -2.18. The number of carbonyl (C=O) groups is 1. The van der Waals surface area contributed by atoms with Gasteiger partial charge in [-0.2, -0.15) is 0 Å². The van der Waals surface area contributed by atoms with Crippen LogP contribution in [0, 0.1) is 13.8 Å². The van der Waals surface area contributed by atoms with Crippen molar-refractivity contribution in [3.63, 3.8) is 0 Å². The standard InChI is InChI=1S/C28H28O3/c1-18-8-6-7-9-21(18)17-30-23-14-19(2)26-24(16-23)31-25(27(26)29)15-20-10-12-22(13-11-20)28(3,4)5/h6-16H,17H2,1-5H3/b25-15-. The van der Waals surface area contributed by atoms with E-state index in [9.17, 15) is 4.79 Å². The Bertz CT molecular complexity index is 1160. The summed E-state index contributed by atoms with van der Waals surface area (Å²) in [6.07, 6.45) is 1.81. The van der Waals surface area contributed by atoms with E-state index in [2.05, 4.69) is 52.0 Å². The SMILES string of the molecule is Cc1ccccc1COc1cc(C)c2c(c1)O/C(=C\c1ccc(C(C)(C)C)cc1)C2=O. The summed E-state index contributed by atoms with van der Waals surface area (Å²) >= 11 is 0. The van der Waals surface area contributed by atoms with Gasteiger partial charge in [0.25, 0.3) is 0 Å². The van der Waals surface area contributed by atoms with Gasteiger partial charge in [-0.1, -0.05) is 69.3 Å². The second kappa shape index (κ2) is 8.07. The minimum atomic E-state index is -0.0853. The van der Waals surface area contributed by atoms with Crippen LogP contribution in [0.3, 0.4) is 0 Å². The molecule has 0 saturated heterocycles. The Labute approximate surface area is 184 Å². The molecule has 0 spiro atoms. The smallest absolute Gasteiger partial charge is 0.232 e. The molecule has 158 valence electrons. The first-order valence-corrected chi connectivity index (χ1v) is 10.6. The van der Waals surface area contributed by atoms with Gasteiger partial charge in [0, 0.05) is 6.07 Å². The maximum Gasteiger partial charge on any atom is 0.232 e. The minimum absolute atomic E-state index is 0.0853. The van der Waals surface area contributed by atoms with Crippen LogP contribution in [0.4, 0.5) is 0 Å². The molecule has 0 saturated carbocycles. The van der Waals surface area contributed by atoms with Crippen molar-refractivity contribution in [2.45, 2.75) is 46.6 Å². The van der Waals surface area contributed by atoms with Crippen LogP contribution in [0.5, 0.6) is 11.5 Å². The van der Waals surface area contributed by atoms with Crippen molar-refractivity contribution in [1.82, 2.24) is 0 Å². The summed E-state index contributed by atoms with van der Waals surface area (Å²) in [5.41, 5.74) is 6.08. The van der Waals surface area contributed by atoms with Gasteiger partial charge in [-0.15, -0.1) is 0 Å². The molecule has 0 amide bonds. The summed E-state index contributed by atoms with van der Waals surface area (Å²) < 4.78 is 12.0. The van der Waals surface area contributed by atoms with Crippen LogP contribution in [0.1, 0.15) is 58.9 Å². The molecule has 0 aliphatic carbocycles. The lowest BCUT2D eigenvalue weighted by Crippen LogP contribution is -2.10. The number of carbonyl (C=O) groups excluding carboxylic acids is 1. The Morgan fingerprint density at radius 3 is 2.32 bits per heavy atom. The molecule has 3 nitrogen and oxygen atoms in total. The second-order valence-corrected chi connectivity index (χ2v) is 9.14. The van der Waals surface area contributed by atoms with Crippen molar-refractivity contribution in [2.75, 3.05) is 0 Å². The van der Waals surface area contributed by atoms with Crippen molar-refractivity contribution in [2.24, 2.45) is 0 Å². The number of ether oxygens (including phenoxy) is 2. The Morgan fingerprint density at radius 2 is 1.65 bits per heavy atom. The minimum Gasteiger partial charge on any atom is -0.489 e. The number of ketones is 1. The summed E-state index contributed by atoms with van der Waals surface area (Å²) in [5, 5.41) is 0. The third-order valence-electron chi connectivity index (χ3n) is 5.67. The zero-order chi connectivity index (χ0) is 22.2. The molecule has 0 aromatic heterocycles. The van der Waals surface area contributed by atoms with Gasteiger partial charge in [-0.05, 0) is 59.2 Å². The second-order valence-electron chi connectivity index (χ2n) is 9.14. The zero-order valence-corrected chi connectivity index (χ0v) is 18.8. The fourth-order valence-corrected chi connectivity index (χ4v) is 3.72. The zero-order valence-electron chi connectivity index (χ0n) is 18.8. The molecule has 1 aliphatic rings. The molecule has 0 radical (unpaired) electrons. The van der Waals surface area contributed by atoms with Gasteiger partial charge >= 0.3 is 0 Å². The molecular formula is C28H28O3. The Morgan fingerprint density at radius 1 is 0.935 bits per heavy atom. The van der Waals surface area contributed by atoms with Crippen LogP contribution in [0.15, 0.2) is 66.4 Å². The molecule has 3 aromatic carbocycles. The maximum atomic E-state index is 12.9. The Kier molecular flexibility index (Phi) is 5.45. The Hall–Kier alpha value is -3.33. The van der Waals surface area contributed by atoms with Gasteiger partial charge in [0.05, 0.1) is 5.56 Å². The van der Waals surface area contributed by atoms with Crippen molar-refractivity contribution in [3.8, 4) is 11.5 Å². The van der Waals surface area contributed by atoms with E-state index in [1.165, 1.54) is 11.1 Å². The molecule has 3 heteroatoms. The lowest BCUT2D eigenvalue weighted by atomic mass is 9.86. The highest BCUT2D eigenvalue weighted by molar-refractivity contribution is 6.15. The first-order valence-electron chi connectivity index (χ1n) is 10.6. The lowest BCUT2D eigenvalue weighted by molar-refractivity contribution is 0.101. The number of hydrogen-bond donors (Lipinski definition) is 0. The first-order chi connectivity index (χ1) is 14.7. The first kappa shape index (κ1) is 20.9. The molecule has 0 fully saturated rings. The summed E-state index contributed by atoms with van der Waals surface area (Å²) in [6.45, 7) is 11.0. The van der Waals surface area contributed by atoms with Crippen LogP contribution in [-0.2, 0) is 12.0 Å². The highest BCUT2D eigenvalue weighted by atomic mass is 16.5. The van der Waals surface area contributed by atoms with E-state index in [0.29, 0.717) is 29.4 Å². The number of Topliss-reactive ketones (excluding diaryl/α,β-unsaturated/α-hetero) is 1. The number of benzene rings is 3. The summed E-state index contributed by atoms with van der Waals surface area (Å²) in [7, 11) is 0. The molecule has 3 aromatic rings. The molecule has 1 aliphatic heterocycles. The average Bonchev–Trinajstić information content (AvgIpc) is 3.03. The van der Waals surface area contributed by atoms with E-state index < -0.39 is 0 Å². The van der Waals surface area contributed by atoms with Crippen molar-refractivity contribution in [1.29, 1.82) is 0 Å². The molecule has 31 heavy (non-hydrogen) atoms. The van der Waals surface area contributed by atoms with Crippen LogP contribution in [0.2, 0.25) is 0 Å². The predicted octanol–water partition coefficient (Wildman–Crippen LogP) is 6.80. The Balaban J connectivity index is 1.55. The highest BCUT2D eigenvalue weighted by Gasteiger charge is 2.30. The number of fused-ring (bicyclic) bond motifs is 1. The van der Waals surface area contributed by atoms with Crippen LogP contribution in [-0.4, -0.2) is 5.78 Å². The normalized spacial score (nSPS) is 14.5. The summed E-state index contributed by atoms with van der Waals surface area (Å²) in [6, 6.07) is 20.1. The van der Waals surface area contributed by atoms with Gasteiger partial charge in [-0.25, -0.2) is 0 Å². The topological polar surface area (TPSA) is 35.5 Å². The van der Waals surface area contributed by atoms with E-state index in [-0.39, 0.29) is 11.2 Å². The van der Waals surface area contributed by atoms with Crippen LogP contribution >= 0.6 is 0 Å². The van der Waals surface area contributed by atoms with E-state index in [1.807, 2.05) is 49.4 Å². The summed E-state index contributed by atoms with van der Waals surface area (Å²) in [4.78, 5) is 12.9. The van der Waals surface area contributed by atoms with Crippen molar-refractivity contribution < 1.29 is 14.3 Å². The van der Waals surface area contributed by atoms with Crippen molar-refractivity contribution >= 4 is 11.9 Å². The largest absolute Gasteiger partial charge is 0.489 e. The van der Waals surface area contributed by atoms with E-state index in [0.717, 1.165) is 16.7 Å². The highest BCUT2D eigenvalue weighted by Crippen LogP contribution is 2.38. The number of allylic oxidation sites excluding steroid dienone is 1.